The number of pyridine rings is 1. The second kappa shape index (κ2) is 5.40. The highest BCUT2D eigenvalue weighted by molar-refractivity contribution is 6.39. The minimum Gasteiger partial charge on any atom is -0.324 e. The van der Waals surface area contributed by atoms with Crippen LogP contribution in [0.1, 0.15) is 10.4 Å². The van der Waals surface area contributed by atoms with Crippen molar-refractivity contribution in [3.63, 3.8) is 0 Å². The molecule has 13 heavy (non-hydrogen) atoms. The molecule has 6 heteroatoms. The summed E-state index contributed by atoms with van der Waals surface area (Å²) in [5, 5.41) is 0.378. The fraction of sp³-hybridized carbons (Fsp3) is 0.143. The number of ketones is 1. The Balaban J connectivity index is 0.00000144. The summed E-state index contributed by atoms with van der Waals surface area (Å²) in [7, 11) is 0. The van der Waals surface area contributed by atoms with Crippen LogP contribution < -0.4 is 5.73 Å². The summed E-state index contributed by atoms with van der Waals surface area (Å²) in [5.74, 6) is -0.307. The molecular weight excluding hydrogens is 234 g/mol. The van der Waals surface area contributed by atoms with E-state index >= 15 is 0 Å². The van der Waals surface area contributed by atoms with Crippen molar-refractivity contribution in [1.82, 2.24) is 4.98 Å². The van der Waals surface area contributed by atoms with Crippen molar-refractivity contribution < 1.29 is 4.79 Å². The Bertz CT molecular complexity index is 296. The fourth-order valence-corrected chi connectivity index (χ4v) is 1.33. The largest absolute Gasteiger partial charge is 0.324 e. The van der Waals surface area contributed by atoms with Crippen LogP contribution in [0.3, 0.4) is 0 Å². The summed E-state index contributed by atoms with van der Waals surface area (Å²) >= 11 is 11.3. The Morgan fingerprint density at radius 3 is 2.62 bits per heavy atom. The molecule has 0 fully saturated rings. The number of nitrogens with zero attached hydrogens (tertiary/aromatic N) is 1. The monoisotopic (exact) mass is 240 g/mol. The van der Waals surface area contributed by atoms with E-state index in [-0.39, 0.29) is 40.5 Å². The SMILES string of the molecule is Cl.NCC(=O)c1c(Cl)ccnc1Cl. The summed E-state index contributed by atoms with van der Waals surface area (Å²) in [6.45, 7) is -0.120. The van der Waals surface area contributed by atoms with Gasteiger partial charge in [0.05, 0.1) is 17.1 Å². The molecule has 0 unspecified atom stereocenters. The molecule has 0 aliphatic carbocycles. The molecule has 72 valence electrons. The van der Waals surface area contributed by atoms with Gasteiger partial charge in [-0.15, -0.1) is 12.4 Å². The standard InChI is InChI=1S/C7H6Cl2N2O.ClH/c8-4-1-2-11-7(9)6(4)5(12)3-10;/h1-2H,3,10H2;1H. The van der Waals surface area contributed by atoms with E-state index in [2.05, 4.69) is 4.98 Å². The van der Waals surface area contributed by atoms with Gasteiger partial charge >= 0.3 is 0 Å². The number of nitrogens with two attached hydrogens (primary N) is 1. The van der Waals surface area contributed by atoms with Crippen molar-refractivity contribution in [2.45, 2.75) is 0 Å². The Kier molecular flexibility index (Phi) is 5.25. The highest BCUT2D eigenvalue weighted by Gasteiger charge is 2.13. The molecule has 0 atom stereocenters. The molecule has 0 saturated carbocycles. The molecule has 0 amide bonds. The summed E-state index contributed by atoms with van der Waals surface area (Å²) in [4.78, 5) is 14.8. The molecule has 0 aliphatic rings. The molecular formula is C7H7Cl3N2O. The minimum atomic E-state index is -0.307. The van der Waals surface area contributed by atoms with Gasteiger partial charge in [0, 0.05) is 6.20 Å². The van der Waals surface area contributed by atoms with Gasteiger partial charge in [0.25, 0.3) is 0 Å². The van der Waals surface area contributed by atoms with E-state index in [0.29, 0.717) is 0 Å². The van der Waals surface area contributed by atoms with Crippen LogP contribution in [0.2, 0.25) is 10.2 Å². The maximum absolute atomic E-state index is 11.1. The predicted molar refractivity (Wildman–Crippen MR) is 54.9 cm³/mol. The zero-order chi connectivity index (χ0) is 9.14. The third kappa shape index (κ3) is 2.81. The van der Waals surface area contributed by atoms with Gasteiger partial charge in [-0.05, 0) is 6.07 Å². The first kappa shape index (κ1) is 12.7. The quantitative estimate of drug-likeness (QED) is 0.636. The number of hydrogen-bond acceptors (Lipinski definition) is 3. The summed E-state index contributed by atoms with van der Waals surface area (Å²) in [6.07, 6.45) is 1.43. The van der Waals surface area contributed by atoms with Gasteiger partial charge in [0.2, 0.25) is 0 Å². The first-order chi connectivity index (χ1) is 5.66. The molecule has 1 rings (SSSR count). The number of aromatic nitrogens is 1. The number of Topliss-reactive ketones (excluding diaryl/α,β-unsaturated/α-hetero) is 1. The van der Waals surface area contributed by atoms with Crippen molar-refractivity contribution >= 4 is 41.4 Å². The molecule has 0 aliphatic heterocycles. The fourth-order valence-electron chi connectivity index (χ4n) is 0.765. The maximum atomic E-state index is 11.1. The number of rotatable bonds is 2. The highest BCUT2D eigenvalue weighted by Crippen LogP contribution is 2.21. The molecule has 1 aromatic rings. The van der Waals surface area contributed by atoms with Crippen LogP contribution in [-0.2, 0) is 0 Å². The second-order valence-corrected chi connectivity index (χ2v) is 2.85. The van der Waals surface area contributed by atoms with Crippen LogP contribution in [0.4, 0.5) is 0 Å². The number of carbonyl (C=O) groups is 1. The van der Waals surface area contributed by atoms with Crippen LogP contribution in [-0.4, -0.2) is 17.3 Å². The van der Waals surface area contributed by atoms with Crippen LogP contribution in [0, 0.1) is 0 Å². The Hall–Kier alpha value is -0.350. The third-order valence-corrected chi connectivity index (χ3v) is 1.92. The van der Waals surface area contributed by atoms with E-state index in [1.54, 1.807) is 0 Å². The van der Waals surface area contributed by atoms with Crippen LogP contribution in [0.5, 0.6) is 0 Å². The molecule has 1 heterocycles. The molecule has 3 nitrogen and oxygen atoms in total. The zero-order valence-electron chi connectivity index (χ0n) is 6.46. The van der Waals surface area contributed by atoms with Gasteiger partial charge in [0.1, 0.15) is 5.15 Å². The van der Waals surface area contributed by atoms with E-state index in [4.69, 9.17) is 28.9 Å². The molecule has 1 aromatic heterocycles. The lowest BCUT2D eigenvalue weighted by Gasteiger charge is -2.01. The first-order valence-corrected chi connectivity index (χ1v) is 3.95. The van der Waals surface area contributed by atoms with Gasteiger partial charge in [-0.1, -0.05) is 23.2 Å². The summed E-state index contributed by atoms with van der Waals surface area (Å²) < 4.78 is 0. The van der Waals surface area contributed by atoms with E-state index < -0.39 is 0 Å². The van der Waals surface area contributed by atoms with Gasteiger partial charge in [0.15, 0.2) is 5.78 Å². The average Bonchev–Trinajstić information content (AvgIpc) is 2.03. The van der Waals surface area contributed by atoms with Crippen molar-refractivity contribution in [3.8, 4) is 0 Å². The summed E-state index contributed by atoms with van der Waals surface area (Å²) in [5.41, 5.74) is 5.34. The van der Waals surface area contributed by atoms with Gasteiger partial charge in [-0.25, -0.2) is 4.98 Å². The lowest BCUT2D eigenvalue weighted by molar-refractivity contribution is 0.100. The lowest BCUT2D eigenvalue weighted by atomic mass is 10.2. The molecule has 2 N–H and O–H groups in total. The Morgan fingerprint density at radius 2 is 2.15 bits per heavy atom. The minimum absolute atomic E-state index is 0. The van der Waals surface area contributed by atoms with Crippen molar-refractivity contribution in [2.24, 2.45) is 5.73 Å². The van der Waals surface area contributed by atoms with Crippen molar-refractivity contribution in [2.75, 3.05) is 6.54 Å². The van der Waals surface area contributed by atoms with Crippen molar-refractivity contribution in [1.29, 1.82) is 0 Å². The summed E-state index contributed by atoms with van der Waals surface area (Å²) in [6, 6.07) is 1.50. The molecule has 0 radical (unpaired) electrons. The zero-order valence-corrected chi connectivity index (χ0v) is 8.79. The third-order valence-electron chi connectivity index (χ3n) is 1.32. The van der Waals surface area contributed by atoms with Crippen molar-refractivity contribution in [3.05, 3.63) is 28.0 Å². The highest BCUT2D eigenvalue weighted by atomic mass is 35.5. The molecule has 0 bridgehead atoms. The Labute approximate surface area is 91.6 Å². The first-order valence-electron chi connectivity index (χ1n) is 3.20. The van der Waals surface area contributed by atoms with E-state index in [0.717, 1.165) is 0 Å². The Morgan fingerprint density at radius 1 is 1.54 bits per heavy atom. The van der Waals surface area contributed by atoms with Gasteiger partial charge in [-0.3, -0.25) is 4.79 Å². The van der Waals surface area contributed by atoms with Crippen LogP contribution >= 0.6 is 35.6 Å². The number of carbonyl (C=O) groups excluding carboxylic acids is 1. The van der Waals surface area contributed by atoms with Crippen LogP contribution in [0.25, 0.3) is 0 Å². The molecule has 0 spiro atoms. The normalized spacial score (nSPS) is 9.15. The maximum Gasteiger partial charge on any atom is 0.180 e. The molecule has 0 aromatic carbocycles. The smallest absolute Gasteiger partial charge is 0.180 e. The van der Waals surface area contributed by atoms with E-state index in [9.17, 15) is 4.79 Å². The second-order valence-electron chi connectivity index (χ2n) is 2.09. The topological polar surface area (TPSA) is 56.0 Å². The van der Waals surface area contributed by atoms with E-state index in [1.807, 2.05) is 0 Å². The van der Waals surface area contributed by atoms with E-state index in [1.165, 1.54) is 12.3 Å². The van der Waals surface area contributed by atoms with Crippen LogP contribution in [0.15, 0.2) is 12.3 Å². The number of halogens is 3. The predicted octanol–water partition coefficient (Wildman–Crippen LogP) is 1.95. The van der Waals surface area contributed by atoms with Gasteiger partial charge < -0.3 is 5.73 Å². The lowest BCUT2D eigenvalue weighted by Crippen LogP contribution is -2.14. The number of hydrogen-bond donors (Lipinski definition) is 1. The average molecular weight is 242 g/mol. The molecule has 0 saturated heterocycles. The van der Waals surface area contributed by atoms with Gasteiger partial charge in [-0.2, -0.15) is 0 Å².